The Kier molecular flexibility index (Phi) is 5.03. The minimum absolute atomic E-state index is 0.162. The smallest absolute Gasteiger partial charge is 0.215 e. The van der Waals surface area contributed by atoms with Gasteiger partial charge in [-0.3, -0.25) is 0 Å². The minimum Gasteiger partial charge on any atom is -0.320 e. The third-order valence-electron chi connectivity index (χ3n) is 2.45. The van der Waals surface area contributed by atoms with Crippen LogP contribution in [0.4, 0.5) is 0 Å². The summed E-state index contributed by atoms with van der Waals surface area (Å²) in [4.78, 5) is 0. The van der Waals surface area contributed by atoms with Gasteiger partial charge >= 0.3 is 0 Å². The van der Waals surface area contributed by atoms with Crippen LogP contribution in [0.3, 0.4) is 0 Å². The molecule has 1 aromatic heterocycles. The second-order valence-electron chi connectivity index (χ2n) is 3.84. The number of hydrogen-bond donors (Lipinski definition) is 2. The summed E-state index contributed by atoms with van der Waals surface area (Å²) in [6.45, 7) is 4.96. The van der Waals surface area contributed by atoms with Crippen LogP contribution >= 0.6 is 0 Å². The molecule has 0 amide bonds. The highest BCUT2D eigenvalue weighted by atomic mass is 32.2. The highest BCUT2D eigenvalue weighted by molar-refractivity contribution is 7.90. The fourth-order valence-corrected chi connectivity index (χ4v) is 2.18. The first-order valence-corrected chi connectivity index (χ1v) is 7.04. The van der Waals surface area contributed by atoms with Crippen molar-refractivity contribution < 1.29 is 8.42 Å². The molecule has 98 valence electrons. The highest BCUT2D eigenvalue weighted by Crippen LogP contribution is 1.99. The fraction of sp³-hybridized carbons (Fsp3) is 0.778. The fourth-order valence-electron chi connectivity index (χ4n) is 1.23. The van der Waals surface area contributed by atoms with Crippen molar-refractivity contribution in [2.75, 3.05) is 13.1 Å². The normalized spacial score (nSPS) is 13.8. The van der Waals surface area contributed by atoms with Crippen molar-refractivity contribution in [3.63, 3.8) is 0 Å². The average Bonchev–Trinajstić information content (AvgIpc) is 2.69. The van der Waals surface area contributed by atoms with Gasteiger partial charge in [-0.1, -0.05) is 6.92 Å². The molecule has 8 heteroatoms. The summed E-state index contributed by atoms with van der Waals surface area (Å²) in [6.07, 6.45) is 1.53. The van der Waals surface area contributed by atoms with Gasteiger partial charge in [0, 0.05) is 13.6 Å². The third-order valence-corrected chi connectivity index (χ3v) is 4.22. The van der Waals surface area contributed by atoms with Crippen LogP contribution in [0.15, 0.2) is 6.33 Å². The molecule has 0 saturated heterocycles. The predicted octanol–water partition coefficient (Wildman–Crippen LogP) is -0.767. The van der Waals surface area contributed by atoms with E-state index in [4.69, 9.17) is 0 Å². The van der Waals surface area contributed by atoms with Crippen LogP contribution in [-0.4, -0.2) is 41.5 Å². The molecule has 1 heterocycles. The molecule has 0 spiro atoms. The molecule has 0 radical (unpaired) electrons. The van der Waals surface area contributed by atoms with Crippen molar-refractivity contribution in [1.29, 1.82) is 0 Å². The summed E-state index contributed by atoms with van der Waals surface area (Å²) in [5.74, 6) is 0.587. The van der Waals surface area contributed by atoms with Crippen molar-refractivity contribution in [2.24, 2.45) is 7.05 Å². The summed E-state index contributed by atoms with van der Waals surface area (Å²) < 4.78 is 27.9. The lowest BCUT2D eigenvalue weighted by Crippen LogP contribution is -2.39. The molecular formula is C9H19N5O2S. The Morgan fingerprint density at radius 1 is 1.53 bits per heavy atom. The zero-order chi connectivity index (χ0) is 12.9. The van der Waals surface area contributed by atoms with Crippen LogP contribution in [0.1, 0.15) is 19.7 Å². The van der Waals surface area contributed by atoms with Gasteiger partial charge in [-0.25, -0.2) is 13.1 Å². The lowest BCUT2D eigenvalue weighted by atomic mass is 10.5. The maximum absolute atomic E-state index is 11.8. The molecule has 0 saturated carbocycles. The van der Waals surface area contributed by atoms with E-state index in [1.165, 1.54) is 6.33 Å². The number of aromatic nitrogens is 3. The van der Waals surface area contributed by atoms with E-state index >= 15 is 0 Å². The number of sulfonamides is 1. The molecule has 0 aliphatic rings. The first kappa shape index (κ1) is 14.1. The monoisotopic (exact) mass is 261 g/mol. The molecule has 1 aromatic rings. The zero-order valence-corrected chi connectivity index (χ0v) is 11.2. The number of nitrogens with zero attached hydrogens (tertiary/aromatic N) is 3. The zero-order valence-electron chi connectivity index (χ0n) is 10.3. The van der Waals surface area contributed by atoms with E-state index in [-0.39, 0.29) is 6.54 Å². The van der Waals surface area contributed by atoms with Crippen molar-refractivity contribution in [1.82, 2.24) is 24.8 Å². The van der Waals surface area contributed by atoms with E-state index in [0.29, 0.717) is 12.4 Å². The molecule has 7 nitrogen and oxygen atoms in total. The molecule has 0 aliphatic heterocycles. The van der Waals surface area contributed by atoms with E-state index in [1.807, 2.05) is 6.92 Å². The SMILES string of the molecule is CCNCC(C)S(=O)(=O)NCc1nncn1C. The van der Waals surface area contributed by atoms with E-state index in [9.17, 15) is 8.42 Å². The van der Waals surface area contributed by atoms with Crippen LogP contribution in [-0.2, 0) is 23.6 Å². The van der Waals surface area contributed by atoms with Gasteiger partial charge in [-0.15, -0.1) is 10.2 Å². The molecule has 1 unspecified atom stereocenters. The Morgan fingerprint density at radius 2 is 2.24 bits per heavy atom. The average molecular weight is 261 g/mol. The second-order valence-corrected chi connectivity index (χ2v) is 6.03. The molecule has 0 aromatic carbocycles. The van der Waals surface area contributed by atoms with E-state index in [0.717, 1.165) is 6.54 Å². The molecule has 0 aliphatic carbocycles. The number of nitrogens with one attached hydrogen (secondary N) is 2. The Bertz CT molecular complexity index is 442. The predicted molar refractivity (Wildman–Crippen MR) is 64.8 cm³/mol. The topological polar surface area (TPSA) is 88.9 Å². The molecular weight excluding hydrogens is 242 g/mol. The Hall–Kier alpha value is -0.990. The minimum atomic E-state index is -3.32. The highest BCUT2D eigenvalue weighted by Gasteiger charge is 2.20. The second kappa shape index (κ2) is 6.08. The third kappa shape index (κ3) is 4.06. The van der Waals surface area contributed by atoms with Crippen molar-refractivity contribution >= 4 is 10.0 Å². The Morgan fingerprint density at radius 3 is 2.76 bits per heavy atom. The van der Waals surface area contributed by atoms with Gasteiger partial charge in [0.25, 0.3) is 0 Å². The first-order valence-electron chi connectivity index (χ1n) is 5.49. The van der Waals surface area contributed by atoms with Gasteiger partial charge in [-0.05, 0) is 13.5 Å². The van der Waals surface area contributed by atoms with Crippen molar-refractivity contribution in [3.05, 3.63) is 12.2 Å². The summed E-state index contributed by atoms with van der Waals surface area (Å²) in [7, 11) is -1.55. The Labute approximate surface area is 102 Å². The summed E-state index contributed by atoms with van der Waals surface area (Å²) in [5.41, 5.74) is 0. The van der Waals surface area contributed by atoms with E-state index in [1.54, 1.807) is 18.5 Å². The molecule has 0 fully saturated rings. The lowest BCUT2D eigenvalue weighted by Gasteiger charge is -2.13. The maximum Gasteiger partial charge on any atom is 0.215 e. The van der Waals surface area contributed by atoms with E-state index < -0.39 is 15.3 Å². The largest absolute Gasteiger partial charge is 0.320 e. The van der Waals surface area contributed by atoms with Gasteiger partial charge in [0.2, 0.25) is 10.0 Å². The summed E-state index contributed by atoms with van der Waals surface area (Å²) in [5, 5.41) is 10.0. The van der Waals surface area contributed by atoms with Gasteiger partial charge in [0.1, 0.15) is 12.2 Å². The Balaban J connectivity index is 2.52. The van der Waals surface area contributed by atoms with Gasteiger partial charge in [0.05, 0.1) is 11.8 Å². The van der Waals surface area contributed by atoms with Gasteiger partial charge in [-0.2, -0.15) is 0 Å². The van der Waals surface area contributed by atoms with Gasteiger partial charge in [0.15, 0.2) is 0 Å². The number of aryl methyl sites for hydroxylation is 1. The first-order chi connectivity index (χ1) is 7.97. The summed E-state index contributed by atoms with van der Waals surface area (Å²) in [6, 6.07) is 0. The molecule has 2 N–H and O–H groups in total. The molecule has 0 bridgehead atoms. The quantitative estimate of drug-likeness (QED) is 0.673. The lowest BCUT2D eigenvalue weighted by molar-refractivity contribution is 0.556. The number of hydrogen-bond acceptors (Lipinski definition) is 5. The summed E-state index contributed by atoms with van der Waals surface area (Å²) >= 11 is 0. The molecule has 1 rings (SSSR count). The van der Waals surface area contributed by atoms with Crippen molar-refractivity contribution in [3.8, 4) is 0 Å². The van der Waals surface area contributed by atoms with Crippen LogP contribution < -0.4 is 10.0 Å². The standard InChI is InChI=1S/C9H19N5O2S/c1-4-10-5-8(2)17(15,16)12-6-9-13-11-7-14(9)3/h7-8,10,12H,4-6H2,1-3H3. The maximum atomic E-state index is 11.8. The number of rotatable bonds is 7. The van der Waals surface area contributed by atoms with Gasteiger partial charge < -0.3 is 9.88 Å². The van der Waals surface area contributed by atoms with Crippen molar-refractivity contribution in [2.45, 2.75) is 25.6 Å². The van der Waals surface area contributed by atoms with Crippen LogP contribution in [0.2, 0.25) is 0 Å². The van der Waals surface area contributed by atoms with Crippen LogP contribution in [0, 0.1) is 0 Å². The molecule has 17 heavy (non-hydrogen) atoms. The van der Waals surface area contributed by atoms with Crippen LogP contribution in [0.25, 0.3) is 0 Å². The van der Waals surface area contributed by atoms with Crippen LogP contribution in [0.5, 0.6) is 0 Å². The van der Waals surface area contributed by atoms with E-state index in [2.05, 4.69) is 20.2 Å². The molecule has 1 atom stereocenters.